The third kappa shape index (κ3) is 4.19. The SMILES string of the molecule is C[C@H]1[C@H]([Si](C)(C)F)[C@@H](CCO)O[C@]12C(=O)Nc1ccc(NC(=O)[C@H]3O[C@@H](O)[C@H](O)[C@@H](O)[C@@H]3O)cc12. The number of hydrogen-bond acceptors (Lipinski definition) is 9. The largest absolute Gasteiger partial charge is 0.396 e. The molecular formula is C22H31FN2O9Si. The summed E-state index contributed by atoms with van der Waals surface area (Å²) in [4.78, 5) is 25.9. The molecule has 9 atom stereocenters. The van der Waals surface area contributed by atoms with Crippen molar-refractivity contribution in [2.75, 3.05) is 17.2 Å². The van der Waals surface area contributed by atoms with Gasteiger partial charge in [0.2, 0.25) is 8.41 Å². The Morgan fingerprint density at radius 1 is 1.20 bits per heavy atom. The van der Waals surface area contributed by atoms with Crippen molar-refractivity contribution in [3.63, 3.8) is 0 Å². The summed E-state index contributed by atoms with van der Waals surface area (Å²) in [5, 5.41) is 54.1. The number of anilines is 2. The number of ether oxygens (including phenoxy) is 2. The van der Waals surface area contributed by atoms with Gasteiger partial charge in [0, 0.05) is 35.0 Å². The molecule has 11 nitrogen and oxygen atoms in total. The zero-order chi connectivity index (χ0) is 25.9. The van der Waals surface area contributed by atoms with E-state index in [1.807, 2.05) is 0 Å². The van der Waals surface area contributed by atoms with Crippen molar-refractivity contribution < 1.29 is 48.7 Å². The van der Waals surface area contributed by atoms with Gasteiger partial charge in [-0.1, -0.05) is 6.92 Å². The minimum Gasteiger partial charge on any atom is -0.396 e. The Kier molecular flexibility index (Phi) is 6.83. The topological polar surface area (TPSA) is 178 Å². The molecule has 1 aromatic carbocycles. The van der Waals surface area contributed by atoms with E-state index in [0.717, 1.165) is 0 Å². The number of carbonyl (C=O) groups is 2. The van der Waals surface area contributed by atoms with Crippen LogP contribution >= 0.6 is 0 Å². The molecule has 1 spiro atoms. The van der Waals surface area contributed by atoms with Crippen LogP contribution in [0, 0.1) is 5.92 Å². The molecule has 4 rings (SSSR count). The Morgan fingerprint density at radius 3 is 2.51 bits per heavy atom. The van der Waals surface area contributed by atoms with Crippen molar-refractivity contribution in [1.29, 1.82) is 0 Å². The van der Waals surface area contributed by atoms with Crippen molar-refractivity contribution in [2.24, 2.45) is 5.92 Å². The molecular weight excluding hydrogens is 483 g/mol. The smallest absolute Gasteiger partial charge is 0.261 e. The first-order chi connectivity index (χ1) is 16.3. The third-order valence-electron chi connectivity index (χ3n) is 7.24. The number of nitrogens with one attached hydrogen (secondary N) is 2. The molecule has 3 heterocycles. The van der Waals surface area contributed by atoms with Gasteiger partial charge in [-0.2, -0.15) is 0 Å². The molecule has 1 aromatic rings. The highest BCUT2D eigenvalue weighted by Gasteiger charge is 2.65. The molecule has 2 amide bonds. The van der Waals surface area contributed by atoms with Crippen LogP contribution in [0.5, 0.6) is 0 Å². The molecule has 3 aliphatic rings. The maximum Gasteiger partial charge on any atom is 0.261 e. The lowest BCUT2D eigenvalue weighted by Crippen LogP contribution is -2.60. The van der Waals surface area contributed by atoms with Crippen LogP contribution in [-0.2, 0) is 24.7 Å². The maximum absolute atomic E-state index is 15.3. The van der Waals surface area contributed by atoms with Gasteiger partial charge in [0.05, 0.1) is 6.10 Å². The summed E-state index contributed by atoms with van der Waals surface area (Å²) in [6.45, 7) is 4.60. The Labute approximate surface area is 202 Å². The first kappa shape index (κ1) is 26.1. The van der Waals surface area contributed by atoms with Crippen LogP contribution in [0.3, 0.4) is 0 Å². The summed E-state index contributed by atoms with van der Waals surface area (Å²) in [7, 11) is -3.32. The second kappa shape index (κ2) is 9.16. The van der Waals surface area contributed by atoms with Crippen LogP contribution in [0.4, 0.5) is 15.5 Å². The van der Waals surface area contributed by atoms with E-state index >= 15 is 4.11 Å². The predicted molar refractivity (Wildman–Crippen MR) is 122 cm³/mol. The fourth-order valence-electron chi connectivity index (χ4n) is 5.63. The number of aliphatic hydroxyl groups is 5. The van der Waals surface area contributed by atoms with Gasteiger partial charge in [-0.15, -0.1) is 0 Å². The summed E-state index contributed by atoms with van der Waals surface area (Å²) in [5.41, 5.74) is -1.05. The van der Waals surface area contributed by atoms with Crippen LogP contribution in [0.25, 0.3) is 0 Å². The molecule has 0 unspecified atom stereocenters. The van der Waals surface area contributed by atoms with Gasteiger partial charge in [0.15, 0.2) is 18.0 Å². The molecule has 0 aliphatic carbocycles. The van der Waals surface area contributed by atoms with Gasteiger partial charge >= 0.3 is 0 Å². The summed E-state index contributed by atoms with van der Waals surface area (Å²) in [6.07, 6.45) is -9.44. The Hall–Kier alpha value is -1.97. The van der Waals surface area contributed by atoms with Crippen molar-refractivity contribution in [3.8, 4) is 0 Å². The van der Waals surface area contributed by atoms with E-state index < -0.39 is 74.1 Å². The van der Waals surface area contributed by atoms with Gasteiger partial charge < -0.3 is 49.7 Å². The average Bonchev–Trinajstić information content (AvgIpc) is 3.23. The normalized spacial score (nSPS) is 38.9. The Morgan fingerprint density at radius 2 is 1.89 bits per heavy atom. The second-order valence-electron chi connectivity index (χ2n) is 9.91. The molecule has 0 saturated carbocycles. The molecule has 194 valence electrons. The number of carbonyl (C=O) groups excluding carboxylic acids is 2. The van der Waals surface area contributed by atoms with Gasteiger partial charge in [0.25, 0.3) is 11.8 Å². The predicted octanol–water partition coefficient (Wildman–Crippen LogP) is -0.465. The second-order valence-corrected chi connectivity index (χ2v) is 13.7. The van der Waals surface area contributed by atoms with Crippen molar-refractivity contribution >= 4 is 31.6 Å². The highest BCUT2D eigenvalue weighted by Crippen LogP contribution is 2.59. The highest BCUT2D eigenvalue weighted by atomic mass is 28.4. The minimum absolute atomic E-state index is 0.170. The molecule has 0 radical (unpaired) electrons. The Balaban J connectivity index is 1.64. The van der Waals surface area contributed by atoms with Gasteiger partial charge in [-0.25, -0.2) is 0 Å². The first-order valence-corrected chi connectivity index (χ1v) is 14.4. The van der Waals surface area contributed by atoms with E-state index in [1.54, 1.807) is 26.1 Å². The lowest BCUT2D eigenvalue weighted by Gasteiger charge is -2.37. The molecule has 7 N–H and O–H groups in total. The molecule has 0 bridgehead atoms. The van der Waals surface area contributed by atoms with Gasteiger partial charge in [-0.3, -0.25) is 9.59 Å². The lowest BCUT2D eigenvalue weighted by molar-refractivity contribution is -0.274. The average molecular weight is 515 g/mol. The highest BCUT2D eigenvalue weighted by molar-refractivity contribution is 6.72. The number of rotatable bonds is 5. The Bertz CT molecular complexity index is 1010. The van der Waals surface area contributed by atoms with E-state index in [4.69, 9.17) is 9.47 Å². The maximum atomic E-state index is 15.3. The molecule has 2 fully saturated rings. The number of aliphatic hydroxyl groups excluding tert-OH is 5. The van der Waals surface area contributed by atoms with Crippen LogP contribution in [0.15, 0.2) is 18.2 Å². The van der Waals surface area contributed by atoms with E-state index in [1.165, 1.54) is 12.1 Å². The molecule has 2 saturated heterocycles. The van der Waals surface area contributed by atoms with Crippen LogP contribution in [0.2, 0.25) is 18.6 Å². The van der Waals surface area contributed by atoms with E-state index in [-0.39, 0.29) is 18.7 Å². The van der Waals surface area contributed by atoms with Crippen molar-refractivity contribution in [1.82, 2.24) is 0 Å². The van der Waals surface area contributed by atoms with Crippen LogP contribution in [0.1, 0.15) is 18.9 Å². The van der Waals surface area contributed by atoms with Crippen molar-refractivity contribution in [3.05, 3.63) is 23.8 Å². The minimum atomic E-state index is -3.32. The summed E-state index contributed by atoms with van der Waals surface area (Å²) < 4.78 is 26.5. The number of halogens is 1. The fourth-order valence-corrected chi connectivity index (χ4v) is 8.18. The van der Waals surface area contributed by atoms with E-state index in [9.17, 15) is 35.1 Å². The van der Waals surface area contributed by atoms with Crippen LogP contribution < -0.4 is 10.6 Å². The summed E-state index contributed by atoms with van der Waals surface area (Å²) in [6, 6.07) is 4.54. The number of benzene rings is 1. The first-order valence-electron chi connectivity index (χ1n) is 11.4. The van der Waals surface area contributed by atoms with Crippen molar-refractivity contribution in [2.45, 2.75) is 74.4 Å². The number of amides is 2. The third-order valence-corrected chi connectivity index (χ3v) is 9.70. The number of fused-ring (bicyclic) bond motifs is 2. The van der Waals surface area contributed by atoms with E-state index in [2.05, 4.69) is 10.6 Å². The van der Waals surface area contributed by atoms with Crippen LogP contribution in [-0.4, -0.2) is 89.2 Å². The fraction of sp³-hybridized carbons (Fsp3) is 0.636. The molecule has 35 heavy (non-hydrogen) atoms. The molecule has 3 aliphatic heterocycles. The standard InChI is InChI=1S/C22H31FN2O9Si/c1-9-18(35(2,3)23)13(6-7-26)34-22(9)11-8-10(4-5-12(11)25-21(22)32)24-19(30)17-15(28)14(27)16(29)20(31)33-17/h4-5,8-9,13-18,20,26-29,31H,6-7H2,1-3H3,(H,24,30)(H,25,32)/t9-,13+,14-,15-,16+,17-,18-,20+,22+/m0/s1. The molecule has 0 aromatic heterocycles. The summed E-state index contributed by atoms with van der Waals surface area (Å²) in [5.74, 6) is -1.92. The lowest BCUT2D eigenvalue weighted by atomic mass is 9.82. The quantitative estimate of drug-likeness (QED) is 0.202. The summed E-state index contributed by atoms with van der Waals surface area (Å²) >= 11 is 0. The molecule has 13 heteroatoms. The zero-order valence-corrected chi connectivity index (χ0v) is 20.5. The zero-order valence-electron chi connectivity index (χ0n) is 19.5. The monoisotopic (exact) mass is 514 g/mol. The van der Waals surface area contributed by atoms with E-state index in [0.29, 0.717) is 11.3 Å². The van der Waals surface area contributed by atoms with Gasteiger partial charge in [0.1, 0.15) is 18.3 Å². The van der Waals surface area contributed by atoms with Gasteiger partial charge in [-0.05, 0) is 37.7 Å². The number of hydrogen-bond donors (Lipinski definition) is 7.